The molecule has 6 rings (SSSR count). The molecule has 8 heteroatoms. The first-order valence-corrected chi connectivity index (χ1v) is 15.3. The third-order valence-electron chi connectivity index (χ3n) is 8.43. The number of hydrogen-bond donors (Lipinski definition) is 1. The molecule has 1 aromatic heterocycles. The Kier molecular flexibility index (Phi) is 9.53. The molecule has 0 spiro atoms. The second-order valence-electron chi connectivity index (χ2n) is 11.2. The molecular weight excluding hydrogens is 584 g/mol. The van der Waals surface area contributed by atoms with Gasteiger partial charge in [0, 0.05) is 42.3 Å². The van der Waals surface area contributed by atoms with Crippen LogP contribution in [0.1, 0.15) is 51.4 Å². The van der Waals surface area contributed by atoms with Crippen LogP contribution in [0.4, 0.5) is 14.5 Å². The Bertz CT molecular complexity index is 1820. The van der Waals surface area contributed by atoms with Crippen molar-refractivity contribution in [2.45, 2.75) is 31.9 Å². The van der Waals surface area contributed by atoms with E-state index >= 15 is 0 Å². The van der Waals surface area contributed by atoms with E-state index in [1.807, 2.05) is 65.6 Å². The standard InChI is InChI=1S/C38H35F2N3O3/c1-45-31-18-15-26(16-19-31)14-17-29-11-7-12-32-35(29)42-25-33(36(32)41-24-30-10-5-6-13-34(30)46-38(39)40)37(44)43-22-20-28(21-23-43)27-8-3-2-4-9-27/h2-19,25,28,38H,20-24H2,1H3,(H,41,42)/b17-14+. The maximum absolute atomic E-state index is 14.1. The Morgan fingerprint density at radius 1 is 0.935 bits per heavy atom. The van der Waals surface area contributed by atoms with Crippen molar-refractivity contribution >= 4 is 34.6 Å². The van der Waals surface area contributed by atoms with E-state index < -0.39 is 6.61 Å². The van der Waals surface area contributed by atoms with Gasteiger partial charge in [-0.3, -0.25) is 9.78 Å². The topological polar surface area (TPSA) is 63.7 Å². The molecule has 1 amide bonds. The minimum atomic E-state index is -2.95. The van der Waals surface area contributed by atoms with E-state index in [-0.39, 0.29) is 18.2 Å². The van der Waals surface area contributed by atoms with E-state index in [1.165, 1.54) is 11.6 Å². The van der Waals surface area contributed by atoms with Crippen LogP contribution in [0.5, 0.6) is 11.5 Å². The lowest BCUT2D eigenvalue weighted by Crippen LogP contribution is -2.38. The zero-order valence-corrected chi connectivity index (χ0v) is 25.5. The molecule has 1 aliphatic rings. The number of aromatic nitrogens is 1. The van der Waals surface area contributed by atoms with Crippen molar-refractivity contribution in [3.05, 3.63) is 131 Å². The molecule has 6 nitrogen and oxygen atoms in total. The van der Waals surface area contributed by atoms with Crippen LogP contribution in [0.25, 0.3) is 23.1 Å². The van der Waals surface area contributed by atoms with E-state index in [0.29, 0.717) is 41.3 Å². The normalized spacial score (nSPS) is 13.8. The van der Waals surface area contributed by atoms with Gasteiger partial charge in [0.15, 0.2) is 0 Å². The van der Waals surface area contributed by atoms with Crippen LogP contribution in [-0.4, -0.2) is 42.6 Å². The van der Waals surface area contributed by atoms with E-state index in [4.69, 9.17) is 14.5 Å². The monoisotopic (exact) mass is 619 g/mol. The first-order chi connectivity index (χ1) is 22.5. The van der Waals surface area contributed by atoms with Crippen LogP contribution >= 0.6 is 0 Å². The number of piperidine rings is 1. The third-order valence-corrected chi connectivity index (χ3v) is 8.43. The first-order valence-electron chi connectivity index (χ1n) is 15.3. The van der Waals surface area contributed by atoms with E-state index in [2.05, 4.69) is 29.6 Å². The van der Waals surface area contributed by atoms with Gasteiger partial charge in [-0.1, -0.05) is 91.0 Å². The molecule has 5 aromatic rings. The minimum absolute atomic E-state index is 0.0855. The third kappa shape index (κ3) is 7.01. The number of para-hydroxylation sites is 2. The van der Waals surface area contributed by atoms with Gasteiger partial charge in [-0.2, -0.15) is 8.78 Å². The average molecular weight is 620 g/mol. The number of nitrogens with zero attached hydrogens (tertiary/aromatic N) is 2. The molecule has 0 aliphatic carbocycles. The summed E-state index contributed by atoms with van der Waals surface area (Å²) in [7, 11) is 1.63. The number of benzene rings is 4. The van der Waals surface area contributed by atoms with Gasteiger partial charge in [0.05, 0.1) is 23.9 Å². The molecule has 0 radical (unpaired) electrons. The number of rotatable bonds is 10. The number of anilines is 1. The molecule has 0 bridgehead atoms. The molecular formula is C38H35F2N3O3. The van der Waals surface area contributed by atoms with Crippen molar-refractivity contribution in [3.63, 3.8) is 0 Å². The number of amides is 1. The number of carbonyl (C=O) groups is 1. The zero-order chi connectivity index (χ0) is 31.9. The van der Waals surface area contributed by atoms with Gasteiger partial charge in [0.1, 0.15) is 11.5 Å². The van der Waals surface area contributed by atoms with Gasteiger partial charge >= 0.3 is 6.61 Å². The van der Waals surface area contributed by atoms with E-state index in [1.54, 1.807) is 31.5 Å². The van der Waals surface area contributed by atoms with Crippen LogP contribution in [0.2, 0.25) is 0 Å². The minimum Gasteiger partial charge on any atom is -0.497 e. The molecule has 4 aromatic carbocycles. The largest absolute Gasteiger partial charge is 0.497 e. The molecule has 1 aliphatic heterocycles. The number of ether oxygens (including phenoxy) is 2. The van der Waals surface area contributed by atoms with Gasteiger partial charge in [-0.25, -0.2) is 0 Å². The quantitative estimate of drug-likeness (QED) is 0.159. The number of methoxy groups -OCH3 is 1. The van der Waals surface area contributed by atoms with Crippen molar-refractivity contribution in [3.8, 4) is 11.5 Å². The number of likely N-dealkylation sites (tertiary alicyclic amines) is 1. The summed E-state index contributed by atoms with van der Waals surface area (Å²) >= 11 is 0. The molecule has 2 heterocycles. The van der Waals surface area contributed by atoms with Gasteiger partial charge in [0.25, 0.3) is 5.91 Å². The van der Waals surface area contributed by atoms with Crippen molar-refractivity contribution in [1.82, 2.24) is 9.88 Å². The molecule has 0 saturated carbocycles. The predicted molar refractivity (Wildman–Crippen MR) is 178 cm³/mol. The van der Waals surface area contributed by atoms with Crippen molar-refractivity contribution in [2.24, 2.45) is 0 Å². The summed E-state index contributed by atoms with van der Waals surface area (Å²) in [6.07, 6.45) is 7.36. The lowest BCUT2D eigenvalue weighted by molar-refractivity contribution is -0.0504. The van der Waals surface area contributed by atoms with Gasteiger partial charge in [0.2, 0.25) is 0 Å². The summed E-state index contributed by atoms with van der Waals surface area (Å²) in [5, 5.41) is 4.16. The molecule has 0 atom stereocenters. The number of halogens is 2. The van der Waals surface area contributed by atoms with Crippen LogP contribution in [-0.2, 0) is 6.54 Å². The summed E-state index contributed by atoms with van der Waals surface area (Å²) in [5.74, 6) is 1.16. The van der Waals surface area contributed by atoms with Crippen molar-refractivity contribution in [1.29, 1.82) is 0 Å². The summed E-state index contributed by atoms with van der Waals surface area (Å²) in [6.45, 7) is -1.51. The highest BCUT2D eigenvalue weighted by atomic mass is 19.3. The summed E-state index contributed by atoms with van der Waals surface area (Å²) in [6, 6.07) is 30.6. The lowest BCUT2D eigenvalue weighted by Gasteiger charge is -2.33. The number of fused-ring (bicyclic) bond motifs is 1. The Morgan fingerprint density at radius 3 is 2.41 bits per heavy atom. The van der Waals surface area contributed by atoms with Gasteiger partial charge in [-0.05, 0) is 48.1 Å². The number of hydrogen-bond acceptors (Lipinski definition) is 5. The molecule has 234 valence electrons. The highest BCUT2D eigenvalue weighted by Gasteiger charge is 2.27. The van der Waals surface area contributed by atoms with Crippen LogP contribution < -0.4 is 14.8 Å². The van der Waals surface area contributed by atoms with E-state index in [0.717, 1.165) is 35.1 Å². The predicted octanol–water partition coefficient (Wildman–Crippen LogP) is 8.65. The highest BCUT2D eigenvalue weighted by molar-refractivity contribution is 6.08. The molecule has 46 heavy (non-hydrogen) atoms. The zero-order valence-electron chi connectivity index (χ0n) is 25.5. The number of carbonyl (C=O) groups excluding carboxylic acids is 1. The maximum Gasteiger partial charge on any atom is 0.387 e. The van der Waals surface area contributed by atoms with Crippen LogP contribution in [0, 0.1) is 0 Å². The Labute approximate surface area is 267 Å². The van der Waals surface area contributed by atoms with Crippen LogP contribution in [0.15, 0.2) is 103 Å². The first kappa shape index (κ1) is 30.8. The molecule has 1 fully saturated rings. The Morgan fingerprint density at radius 2 is 1.67 bits per heavy atom. The van der Waals surface area contributed by atoms with Gasteiger partial charge < -0.3 is 19.7 Å². The lowest BCUT2D eigenvalue weighted by atomic mass is 9.89. The highest BCUT2D eigenvalue weighted by Crippen LogP contribution is 2.34. The summed E-state index contributed by atoms with van der Waals surface area (Å²) in [5.41, 5.74) is 5.47. The molecule has 1 saturated heterocycles. The average Bonchev–Trinajstić information content (AvgIpc) is 3.10. The maximum atomic E-state index is 14.1. The van der Waals surface area contributed by atoms with Crippen molar-refractivity contribution < 1.29 is 23.0 Å². The molecule has 0 unspecified atom stereocenters. The SMILES string of the molecule is COc1ccc(/C=C/c2cccc3c(NCc4ccccc4OC(F)F)c(C(=O)N4CCC(c5ccccc5)CC4)cnc23)cc1. The van der Waals surface area contributed by atoms with Gasteiger partial charge in [-0.15, -0.1) is 0 Å². The second-order valence-corrected chi connectivity index (χ2v) is 11.2. The Balaban J connectivity index is 1.32. The molecule has 1 N–H and O–H groups in total. The summed E-state index contributed by atoms with van der Waals surface area (Å²) < 4.78 is 36.3. The smallest absolute Gasteiger partial charge is 0.387 e. The number of alkyl halides is 2. The fraction of sp³-hybridized carbons (Fsp3) is 0.211. The fourth-order valence-electron chi connectivity index (χ4n) is 5.99. The van der Waals surface area contributed by atoms with Crippen LogP contribution in [0.3, 0.4) is 0 Å². The summed E-state index contributed by atoms with van der Waals surface area (Å²) in [4.78, 5) is 20.7. The number of pyridine rings is 1. The Hall–Kier alpha value is -5.24. The number of nitrogens with one attached hydrogen (secondary N) is 1. The van der Waals surface area contributed by atoms with Crippen molar-refractivity contribution in [2.75, 3.05) is 25.5 Å². The fourth-order valence-corrected chi connectivity index (χ4v) is 5.99. The second kappa shape index (κ2) is 14.2. The van der Waals surface area contributed by atoms with E-state index in [9.17, 15) is 13.6 Å².